The Bertz CT molecular complexity index is 459. The van der Waals surface area contributed by atoms with E-state index in [-0.39, 0.29) is 6.10 Å². The van der Waals surface area contributed by atoms with Gasteiger partial charge in [-0.25, -0.2) is 0 Å². The van der Waals surface area contributed by atoms with Crippen LogP contribution in [0.3, 0.4) is 0 Å². The molecule has 0 aliphatic heterocycles. The van der Waals surface area contributed by atoms with Crippen molar-refractivity contribution >= 4 is 22.2 Å². The highest BCUT2D eigenvalue weighted by Gasteiger charge is 2.24. The highest BCUT2D eigenvalue weighted by atomic mass is 79.9. The van der Waals surface area contributed by atoms with Crippen LogP contribution in [-0.4, -0.2) is 23.6 Å². The Morgan fingerprint density at radius 3 is 2.79 bits per heavy atom. The summed E-state index contributed by atoms with van der Waals surface area (Å²) >= 11 is 3.37. The minimum Gasteiger partial charge on any atom is -0.487 e. The molecule has 1 aromatic rings. The quantitative estimate of drug-likeness (QED) is 0.681. The molecule has 0 bridgehead atoms. The highest BCUT2D eigenvalue weighted by molar-refractivity contribution is 9.10. The molecular weight excluding hydrogens is 308 g/mol. The Hall–Kier alpha value is -0.870. The van der Waals surface area contributed by atoms with E-state index in [4.69, 9.17) is 4.74 Å². The maximum Gasteiger partial charge on any atom is 0.153 e. The molecular formula is C15H19BrO3. The van der Waals surface area contributed by atoms with E-state index in [1.165, 1.54) is 0 Å². The van der Waals surface area contributed by atoms with E-state index in [0.717, 1.165) is 48.4 Å². The number of benzene rings is 1. The summed E-state index contributed by atoms with van der Waals surface area (Å²) in [5.74, 6) is 0.601. The molecule has 19 heavy (non-hydrogen) atoms. The van der Waals surface area contributed by atoms with Crippen LogP contribution < -0.4 is 4.74 Å². The van der Waals surface area contributed by atoms with E-state index in [0.29, 0.717) is 11.3 Å². The van der Waals surface area contributed by atoms with E-state index >= 15 is 0 Å². The lowest BCUT2D eigenvalue weighted by Gasteiger charge is -2.24. The third-order valence-corrected chi connectivity index (χ3v) is 4.04. The number of ether oxygens (including phenoxy) is 1. The second kappa shape index (κ2) is 6.53. The Labute approximate surface area is 122 Å². The standard InChI is InChI=1S/C15H19BrO3/c1-10-7-12(16)8-11(9-17)15(10)19-14-6-4-2-3-5-13(14)18/h7-9,13-14,18H,2-6H2,1H3. The second-order valence-corrected chi connectivity index (χ2v) is 6.04. The van der Waals surface area contributed by atoms with Gasteiger partial charge >= 0.3 is 0 Å². The zero-order chi connectivity index (χ0) is 13.8. The maximum atomic E-state index is 11.2. The van der Waals surface area contributed by atoms with Crippen LogP contribution in [0.2, 0.25) is 0 Å². The zero-order valence-corrected chi connectivity index (χ0v) is 12.6. The Morgan fingerprint density at radius 1 is 1.32 bits per heavy atom. The van der Waals surface area contributed by atoms with Gasteiger partial charge in [-0.1, -0.05) is 28.8 Å². The third-order valence-electron chi connectivity index (χ3n) is 3.58. The van der Waals surface area contributed by atoms with Crippen LogP contribution in [0.4, 0.5) is 0 Å². The fourth-order valence-corrected chi connectivity index (χ4v) is 3.14. The van der Waals surface area contributed by atoms with Gasteiger partial charge in [-0.15, -0.1) is 0 Å². The van der Waals surface area contributed by atoms with Crippen molar-refractivity contribution in [1.29, 1.82) is 0 Å². The van der Waals surface area contributed by atoms with Crippen LogP contribution in [0.5, 0.6) is 5.75 Å². The summed E-state index contributed by atoms with van der Waals surface area (Å²) in [4.78, 5) is 11.2. The number of carbonyl (C=O) groups excluding carboxylic acids is 1. The first-order chi connectivity index (χ1) is 9.11. The molecule has 0 spiro atoms. The lowest BCUT2D eigenvalue weighted by molar-refractivity contribution is 0.0311. The maximum absolute atomic E-state index is 11.2. The summed E-state index contributed by atoms with van der Waals surface area (Å²) in [6.07, 6.45) is 5.01. The summed E-state index contributed by atoms with van der Waals surface area (Å²) < 4.78 is 6.82. The molecule has 104 valence electrons. The molecule has 0 amide bonds. The average Bonchev–Trinajstić information content (AvgIpc) is 2.57. The van der Waals surface area contributed by atoms with E-state index in [1.54, 1.807) is 6.07 Å². The molecule has 0 radical (unpaired) electrons. The number of aliphatic hydroxyl groups excluding tert-OH is 1. The van der Waals surface area contributed by atoms with Gasteiger partial charge in [0.15, 0.2) is 6.29 Å². The Kier molecular flexibility index (Phi) is 4.99. The third kappa shape index (κ3) is 3.57. The molecule has 1 fully saturated rings. The summed E-state index contributed by atoms with van der Waals surface area (Å²) in [6, 6.07) is 3.67. The van der Waals surface area contributed by atoms with E-state index in [9.17, 15) is 9.90 Å². The molecule has 3 nitrogen and oxygen atoms in total. The summed E-state index contributed by atoms with van der Waals surface area (Å²) in [5.41, 5.74) is 1.44. The fraction of sp³-hybridized carbons (Fsp3) is 0.533. The van der Waals surface area contributed by atoms with Gasteiger partial charge < -0.3 is 9.84 Å². The van der Waals surface area contributed by atoms with Crippen molar-refractivity contribution in [2.75, 3.05) is 0 Å². The summed E-state index contributed by atoms with van der Waals surface area (Å²) in [6.45, 7) is 1.91. The number of halogens is 1. The van der Waals surface area contributed by atoms with E-state index < -0.39 is 6.10 Å². The zero-order valence-electron chi connectivity index (χ0n) is 11.1. The molecule has 0 heterocycles. The number of aldehydes is 1. The van der Waals surface area contributed by atoms with E-state index in [2.05, 4.69) is 15.9 Å². The Balaban J connectivity index is 2.24. The highest BCUT2D eigenvalue weighted by Crippen LogP contribution is 2.30. The summed E-state index contributed by atoms with van der Waals surface area (Å²) in [7, 11) is 0. The van der Waals surface area contributed by atoms with Crippen LogP contribution >= 0.6 is 15.9 Å². The molecule has 1 aliphatic carbocycles. The molecule has 1 aliphatic rings. The SMILES string of the molecule is Cc1cc(Br)cc(C=O)c1OC1CCCCCC1O. The molecule has 2 atom stereocenters. The van der Waals surface area contributed by atoms with Crippen molar-refractivity contribution in [1.82, 2.24) is 0 Å². The topological polar surface area (TPSA) is 46.5 Å². The predicted octanol–water partition coefficient (Wildman–Crippen LogP) is 3.64. The van der Waals surface area contributed by atoms with Gasteiger partial charge in [-0.3, -0.25) is 4.79 Å². The minimum atomic E-state index is -0.440. The van der Waals surface area contributed by atoms with Gasteiger partial charge in [0.25, 0.3) is 0 Å². The molecule has 1 saturated carbocycles. The lowest BCUT2D eigenvalue weighted by Crippen LogP contribution is -2.31. The number of hydrogen-bond acceptors (Lipinski definition) is 3. The Morgan fingerprint density at radius 2 is 2.05 bits per heavy atom. The molecule has 0 aromatic heterocycles. The molecule has 1 N–H and O–H groups in total. The van der Waals surface area contributed by atoms with Crippen molar-refractivity contribution < 1.29 is 14.6 Å². The van der Waals surface area contributed by atoms with E-state index in [1.807, 2.05) is 13.0 Å². The normalized spacial score (nSPS) is 23.7. The van der Waals surface area contributed by atoms with Crippen LogP contribution in [0.25, 0.3) is 0 Å². The smallest absolute Gasteiger partial charge is 0.153 e. The largest absolute Gasteiger partial charge is 0.487 e. The second-order valence-electron chi connectivity index (χ2n) is 5.12. The molecule has 4 heteroatoms. The van der Waals surface area contributed by atoms with Crippen molar-refractivity contribution in [3.05, 3.63) is 27.7 Å². The van der Waals surface area contributed by atoms with Gasteiger partial charge in [0, 0.05) is 4.47 Å². The minimum absolute atomic E-state index is 0.207. The monoisotopic (exact) mass is 326 g/mol. The molecule has 2 rings (SSSR count). The average molecular weight is 327 g/mol. The van der Waals surface area contributed by atoms with Crippen LogP contribution in [-0.2, 0) is 0 Å². The van der Waals surface area contributed by atoms with Crippen molar-refractivity contribution in [3.63, 3.8) is 0 Å². The number of aryl methyl sites for hydroxylation is 1. The van der Waals surface area contributed by atoms with Crippen molar-refractivity contribution in [2.24, 2.45) is 0 Å². The van der Waals surface area contributed by atoms with Crippen LogP contribution in [0.1, 0.15) is 48.0 Å². The lowest BCUT2D eigenvalue weighted by atomic mass is 10.1. The van der Waals surface area contributed by atoms with Crippen molar-refractivity contribution in [2.45, 2.75) is 51.2 Å². The van der Waals surface area contributed by atoms with Crippen LogP contribution in [0, 0.1) is 6.92 Å². The van der Waals surface area contributed by atoms with Gasteiger partial charge in [0.2, 0.25) is 0 Å². The van der Waals surface area contributed by atoms with Gasteiger partial charge in [0.1, 0.15) is 11.9 Å². The predicted molar refractivity (Wildman–Crippen MR) is 77.8 cm³/mol. The first-order valence-electron chi connectivity index (χ1n) is 6.72. The number of hydrogen-bond donors (Lipinski definition) is 1. The van der Waals surface area contributed by atoms with Gasteiger partial charge in [0.05, 0.1) is 11.7 Å². The number of rotatable bonds is 3. The van der Waals surface area contributed by atoms with Gasteiger partial charge in [-0.05, 0) is 43.9 Å². The first kappa shape index (κ1) is 14.5. The van der Waals surface area contributed by atoms with Gasteiger partial charge in [-0.2, -0.15) is 0 Å². The molecule has 2 unspecified atom stereocenters. The fourth-order valence-electron chi connectivity index (χ4n) is 2.55. The molecule has 0 saturated heterocycles. The number of carbonyl (C=O) groups is 1. The number of aliphatic hydroxyl groups is 1. The summed E-state index contributed by atoms with van der Waals surface area (Å²) in [5, 5.41) is 10.1. The molecule has 1 aromatic carbocycles. The van der Waals surface area contributed by atoms with Crippen molar-refractivity contribution in [3.8, 4) is 5.75 Å². The van der Waals surface area contributed by atoms with Crippen LogP contribution in [0.15, 0.2) is 16.6 Å². The first-order valence-corrected chi connectivity index (χ1v) is 7.51.